The SMILES string of the molecule is Cc1cccc(OCC(C)(C)C#N)c1. The second kappa shape index (κ2) is 4.15. The minimum absolute atomic E-state index is 0.424. The first kappa shape index (κ1) is 10.6. The molecule has 2 nitrogen and oxygen atoms in total. The summed E-state index contributed by atoms with van der Waals surface area (Å²) in [4.78, 5) is 0. The third kappa shape index (κ3) is 3.10. The highest BCUT2D eigenvalue weighted by Gasteiger charge is 2.17. The fraction of sp³-hybridized carbons (Fsp3) is 0.417. The van der Waals surface area contributed by atoms with Crippen LogP contribution in [-0.2, 0) is 0 Å². The minimum Gasteiger partial charge on any atom is -0.492 e. The van der Waals surface area contributed by atoms with Crippen molar-refractivity contribution in [2.75, 3.05) is 6.61 Å². The molecule has 0 bridgehead atoms. The Bertz CT molecular complexity index is 350. The maximum atomic E-state index is 8.80. The van der Waals surface area contributed by atoms with Gasteiger partial charge in [-0.15, -0.1) is 0 Å². The standard InChI is InChI=1S/C12H15NO/c1-10-5-4-6-11(7-10)14-9-12(2,3)8-13/h4-7H,9H2,1-3H3. The van der Waals surface area contributed by atoms with E-state index in [2.05, 4.69) is 6.07 Å². The molecular formula is C12H15NO. The zero-order valence-electron chi connectivity index (χ0n) is 8.87. The van der Waals surface area contributed by atoms with Gasteiger partial charge in [-0.2, -0.15) is 5.26 Å². The van der Waals surface area contributed by atoms with Crippen LogP contribution in [0.1, 0.15) is 19.4 Å². The number of nitrogens with zero attached hydrogens (tertiary/aromatic N) is 1. The topological polar surface area (TPSA) is 33.0 Å². The van der Waals surface area contributed by atoms with E-state index in [1.54, 1.807) is 0 Å². The molecule has 1 aromatic carbocycles. The summed E-state index contributed by atoms with van der Waals surface area (Å²) in [6, 6.07) is 10.0. The molecule has 0 saturated carbocycles. The highest BCUT2D eigenvalue weighted by Crippen LogP contribution is 2.18. The summed E-state index contributed by atoms with van der Waals surface area (Å²) in [6.45, 7) is 6.17. The van der Waals surface area contributed by atoms with E-state index >= 15 is 0 Å². The summed E-state index contributed by atoms with van der Waals surface area (Å²) < 4.78 is 5.52. The van der Waals surface area contributed by atoms with Crippen LogP contribution in [0.25, 0.3) is 0 Å². The van der Waals surface area contributed by atoms with Crippen molar-refractivity contribution < 1.29 is 4.74 Å². The Hall–Kier alpha value is -1.49. The molecule has 0 radical (unpaired) electrons. The minimum atomic E-state index is -0.427. The van der Waals surface area contributed by atoms with Crippen LogP contribution in [0.3, 0.4) is 0 Å². The van der Waals surface area contributed by atoms with Gasteiger partial charge in [0.2, 0.25) is 0 Å². The Labute approximate surface area is 85.1 Å². The van der Waals surface area contributed by atoms with Crippen molar-refractivity contribution in [3.8, 4) is 11.8 Å². The number of nitriles is 1. The monoisotopic (exact) mass is 189 g/mol. The number of aryl methyl sites for hydroxylation is 1. The van der Waals surface area contributed by atoms with Crippen molar-refractivity contribution in [1.29, 1.82) is 5.26 Å². The predicted octanol–water partition coefficient (Wildman–Crippen LogP) is 2.92. The van der Waals surface area contributed by atoms with Gasteiger partial charge < -0.3 is 4.74 Å². The van der Waals surface area contributed by atoms with Crippen LogP contribution in [0.15, 0.2) is 24.3 Å². The normalized spacial score (nSPS) is 10.7. The first-order valence-electron chi connectivity index (χ1n) is 4.64. The van der Waals surface area contributed by atoms with Gasteiger partial charge in [0.1, 0.15) is 12.4 Å². The molecule has 0 saturated heterocycles. The predicted molar refractivity (Wildman–Crippen MR) is 56.1 cm³/mol. The summed E-state index contributed by atoms with van der Waals surface area (Å²) in [7, 11) is 0. The number of benzene rings is 1. The lowest BCUT2D eigenvalue weighted by atomic mass is 9.98. The molecule has 74 valence electrons. The van der Waals surface area contributed by atoms with Crippen molar-refractivity contribution >= 4 is 0 Å². The average Bonchev–Trinajstić information content (AvgIpc) is 2.15. The van der Waals surface area contributed by atoms with Crippen LogP contribution < -0.4 is 4.74 Å². The Morgan fingerprint density at radius 3 is 2.71 bits per heavy atom. The second-order valence-corrected chi connectivity index (χ2v) is 4.10. The molecule has 0 spiro atoms. The molecule has 0 atom stereocenters. The van der Waals surface area contributed by atoms with Gasteiger partial charge in [-0.25, -0.2) is 0 Å². The molecule has 0 aromatic heterocycles. The quantitative estimate of drug-likeness (QED) is 0.732. The second-order valence-electron chi connectivity index (χ2n) is 4.10. The van der Waals surface area contributed by atoms with Gasteiger partial charge in [0, 0.05) is 0 Å². The summed E-state index contributed by atoms with van der Waals surface area (Å²) in [5.41, 5.74) is 0.737. The number of ether oxygens (including phenoxy) is 1. The Morgan fingerprint density at radius 1 is 1.43 bits per heavy atom. The van der Waals surface area contributed by atoms with Crippen LogP contribution in [-0.4, -0.2) is 6.61 Å². The summed E-state index contributed by atoms with van der Waals surface area (Å²) in [5.74, 6) is 0.827. The van der Waals surface area contributed by atoms with Gasteiger partial charge in [-0.1, -0.05) is 12.1 Å². The summed E-state index contributed by atoms with van der Waals surface area (Å²) in [6.07, 6.45) is 0. The van der Waals surface area contributed by atoms with Gasteiger partial charge in [0.05, 0.1) is 11.5 Å². The van der Waals surface area contributed by atoms with E-state index in [0.29, 0.717) is 6.61 Å². The fourth-order valence-electron chi connectivity index (χ4n) is 1.00. The smallest absolute Gasteiger partial charge is 0.119 e. The maximum Gasteiger partial charge on any atom is 0.119 e. The lowest BCUT2D eigenvalue weighted by Gasteiger charge is -2.16. The Morgan fingerprint density at radius 2 is 2.14 bits per heavy atom. The molecule has 0 fully saturated rings. The van der Waals surface area contributed by atoms with Crippen molar-refractivity contribution in [3.05, 3.63) is 29.8 Å². The molecular weight excluding hydrogens is 174 g/mol. The van der Waals surface area contributed by atoms with E-state index in [0.717, 1.165) is 11.3 Å². The molecule has 0 aliphatic rings. The highest BCUT2D eigenvalue weighted by molar-refractivity contribution is 5.27. The lowest BCUT2D eigenvalue weighted by molar-refractivity contribution is 0.227. The molecule has 2 heteroatoms. The third-order valence-corrected chi connectivity index (χ3v) is 1.89. The number of hydrogen-bond donors (Lipinski definition) is 0. The van der Waals surface area contributed by atoms with Gasteiger partial charge >= 0.3 is 0 Å². The molecule has 0 aliphatic carbocycles. The molecule has 0 N–H and O–H groups in total. The average molecular weight is 189 g/mol. The Kier molecular flexibility index (Phi) is 3.14. The van der Waals surface area contributed by atoms with E-state index in [1.165, 1.54) is 0 Å². The van der Waals surface area contributed by atoms with Crippen LogP contribution in [0.4, 0.5) is 0 Å². The molecule has 0 aliphatic heterocycles. The molecule has 1 rings (SSSR count). The van der Waals surface area contributed by atoms with Crippen LogP contribution in [0.5, 0.6) is 5.75 Å². The van der Waals surface area contributed by atoms with E-state index in [-0.39, 0.29) is 0 Å². The summed E-state index contributed by atoms with van der Waals surface area (Å²) in [5, 5.41) is 8.80. The van der Waals surface area contributed by atoms with E-state index in [9.17, 15) is 0 Å². The van der Waals surface area contributed by atoms with Gasteiger partial charge in [0.25, 0.3) is 0 Å². The van der Waals surface area contributed by atoms with Crippen LogP contribution >= 0.6 is 0 Å². The Balaban J connectivity index is 2.59. The first-order chi connectivity index (χ1) is 6.53. The number of hydrogen-bond acceptors (Lipinski definition) is 2. The van der Waals surface area contributed by atoms with Gasteiger partial charge in [-0.3, -0.25) is 0 Å². The van der Waals surface area contributed by atoms with Crippen molar-refractivity contribution in [1.82, 2.24) is 0 Å². The molecule has 14 heavy (non-hydrogen) atoms. The van der Waals surface area contributed by atoms with Gasteiger partial charge in [-0.05, 0) is 38.5 Å². The fourth-order valence-corrected chi connectivity index (χ4v) is 1.00. The molecule has 0 heterocycles. The molecule has 0 amide bonds. The van der Waals surface area contributed by atoms with E-state index < -0.39 is 5.41 Å². The molecule has 1 aromatic rings. The third-order valence-electron chi connectivity index (χ3n) is 1.89. The zero-order chi connectivity index (χ0) is 10.6. The highest BCUT2D eigenvalue weighted by atomic mass is 16.5. The molecule has 0 unspecified atom stereocenters. The first-order valence-corrected chi connectivity index (χ1v) is 4.64. The number of rotatable bonds is 3. The van der Waals surface area contributed by atoms with Crippen LogP contribution in [0.2, 0.25) is 0 Å². The maximum absolute atomic E-state index is 8.80. The van der Waals surface area contributed by atoms with Crippen molar-refractivity contribution in [2.45, 2.75) is 20.8 Å². The summed E-state index contributed by atoms with van der Waals surface area (Å²) >= 11 is 0. The van der Waals surface area contributed by atoms with Crippen molar-refractivity contribution in [3.63, 3.8) is 0 Å². The van der Waals surface area contributed by atoms with Crippen LogP contribution in [0, 0.1) is 23.7 Å². The lowest BCUT2D eigenvalue weighted by Crippen LogP contribution is -2.18. The van der Waals surface area contributed by atoms with E-state index in [1.807, 2.05) is 45.0 Å². The van der Waals surface area contributed by atoms with E-state index in [4.69, 9.17) is 10.00 Å². The van der Waals surface area contributed by atoms with Crippen molar-refractivity contribution in [2.24, 2.45) is 5.41 Å². The zero-order valence-corrected chi connectivity index (χ0v) is 8.87. The van der Waals surface area contributed by atoms with Gasteiger partial charge in [0.15, 0.2) is 0 Å². The largest absolute Gasteiger partial charge is 0.492 e.